The number of ether oxygens (including phenoxy) is 1. The van der Waals surface area contributed by atoms with Crippen LogP contribution in [0, 0.1) is 5.92 Å². The Morgan fingerprint density at radius 1 is 1.23 bits per heavy atom. The predicted octanol–water partition coefficient (Wildman–Crippen LogP) is 2.28. The molecular weight excluding hydrogens is 396 g/mol. The van der Waals surface area contributed by atoms with Gasteiger partial charge in [-0.2, -0.15) is 0 Å². The van der Waals surface area contributed by atoms with Gasteiger partial charge in [0.2, 0.25) is 11.8 Å². The maximum absolute atomic E-state index is 12.7. The molecule has 0 spiro atoms. The Morgan fingerprint density at radius 3 is 2.74 bits per heavy atom. The van der Waals surface area contributed by atoms with E-state index in [2.05, 4.69) is 10.6 Å². The fourth-order valence-corrected chi connectivity index (χ4v) is 3.48. The first kappa shape index (κ1) is 24.6. The lowest BCUT2D eigenvalue weighted by Crippen LogP contribution is -2.42. The van der Waals surface area contributed by atoms with E-state index in [9.17, 15) is 19.5 Å². The van der Waals surface area contributed by atoms with Crippen molar-refractivity contribution in [1.29, 1.82) is 0 Å². The lowest BCUT2D eigenvalue weighted by atomic mass is 9.98. The molecule has 2 amide bonds. The third-order valence-electron chi connectivity index (χ3n) is 5.20. The molecule has 1 aliphatic rings. The minimum absolute atomic E-state index is 0.0234. The van der Waals surface area contributed by atoms with Crippen LogP contribution in [0.1, 0.15) is 51.0 Å². The van der Waals surface area contributed by atoms with Crippen molar-refractivity contribution in [2.45, 2.75) is 64.0 Å². The van der Waals surface area contributed by atoms with E-state index in [1.54, 1.807) is 6.92 Å². The van der Waals surface area contributed by atoms with Gasteiger partial charge in [0.15, 0.2) is 0 Å². The van der Waals surface area contributed by atoms with Gasteiger partial charge in [0.05, 0.1) is 25.1 Å². The second-order valence-corrected chi connectivity index (χ2v) is 8.04. The number of amides is 2. The second-order valence-electron chi connectivity index (χ2n) is 8.04. The van der Waals surface area contributed by atoms with E-state index >= 15 is 0 Å². The Bertz CT molecular complexity index is 735. The molecule has 0 radical (unpaired) electrons. The maximum Gasteiger partial charge on any atom is 0.306 e. The molecule has 31 heavy (non-hydrogen) atoms. The molecule has 7 nitrogen and oxygen atoms in total. The first-order chi connectivity index (χ1) is 15.0. The van der Waals surface area contributed by atoms with E-state index in [4.69, 9.17) is 4.74 Å². The molecule has 0 fully saturated rings. The zero-order valence-electron chi connectivity index (χ0n) is 18.2. The van der Waals surface area contributed by atoms with Gasteiger partial charge in [-0.25, -0.2) is 0 Å². The highest BCUT2D eigenvalue weighted by molar-refractivity contribution is 5.86. The third kappa shape index (κ3) is 9.79. The van der Waals surface area contributed by atoms with Crippen molar-refractivity contribution in [3.63, 3.8) is 0 Å². The normalized spacial score (nSPS) is 22.0. The molecule has 3 atom stereocenters. The van der Waals surface area contributed by atoms with Crippen LogP contribution in [0.15, 0.2) is 42.5 Å². The molecule has 0 saturated carbocycles. The van der Waals surface area contributed by atoms with E-state index in [1.165, 1.54) is 0 Å². The van der Waals surface area contributed by atoms with E-state index < -0.39 is 18.1 Å². The first-order valence-electron chi connectivity index (χ1n) is 11.0. The molecule has 1 heterocycles. The Balaban J connectivity index is 1.95. The predicted molar refractivity (Wildman–Crippen MR) is 118 cm³/mol. The van der Waals surface area contributed by atoms with Crippen molar-refractivity contribution < 1.29 is 24.2 Å². The van der Waals surface area contributed by atoms with Crippen molar-refractivity contribution in [3.05, 3.63) is 48.0 Å². The lowest BCUT2D eigenvalue weighted by Gasteiger charge is -2.20. The maximum atomic E-state index is 12.7. The topological polar surface area (TPSA) is 105 Å². The third-order valence-corrected chi connectivity index (χ3v) is 5.20. The Kier molecular flexibility index (Phi) is 10.8. The van der Waals surface area contributed by atoms with E-state index in [0.717, 1.165) is 24.8 Å². The van der Waals surface area contributed by atoms with Crippen LogP contribution in [-0.4, -0.2) is 48.2 Å². The number of nitrogens with one attached hydrogen (secondary N) is 2. The summed E-state index contributed by atoms with van der Waals surface area (Å²) >= 11 is 0. The molecule has 2 rings (SSSR count). The monoisotopic (exact) mass is 430 g/mol. The number of carbonyl (C=O) groups is 3. The molecule has 1 aromatic carbocycles. The summed E-state index contributed by atoms with van der Waals surface area (Å²) in [5.41, 5.74) is 1.02. The van der Waals surface area contributed by atoms with Crippen molar-refractivity contribution in [1.82, 2.24) is 10.6 Å². The summed E-state index contributed by atoms with van der Waals surface area (Å²) in [4.78, 5) is 37.1. The molecule has 0 aromatic heterocycles. The largest absolute Gasteiger partial charge is 0.461 e. The van der Waals surface area contributed by atoms with Gasteiger partial charge in [0.1, 0.15) is 6.10 Å². The number of benzene rings is 1. The van der Waals surface area contributed by atoms with Gasteiger partial charge in [0.25, 0.3) is 0 Å². The number of aliphatic hydroxyl groups is 1. The highest BCUT2D eigenvalue weighted by Crippen LogP contribution is 2.13. The number of aliphatic hydroxyl groups excluding tert-OH is 1. The Morgan fingerprint density at radius 2 is 2.00 bits per heavy atom. The molecule has 0 aliphatic carbocycles. The Labute approximate surface area is 184 Å². The number of carbonyl (C=O) groups excluding carboxylic acids is 3. The fourth-order valence-electron chi connectivity index (χ4n) is 3.48. The summed E-state index contributed by atoms with van der Waals surface area (Å²) in [6.07, 6.45) is 7.31. The minimum Gasteiger partial charge on any atom is -0.461 e. The van der Waals surface area contributed by atoms with Crippen molar-refractivity contribution >= 4 is 17.8 Å². The second kappa shape index (κ2) is 13.6. The van der Waals surface area contributed by atoms with E-state index in [-0.39, 0.29) is 37.4 Å². The van der Waals surface area contributed by atoms with Crippen LogP contribution in [0.5, 0.6) is 0 Å². The van der Waals surface area contributed by atoms with Crippen LogP contribution < -0.4 is 10.6 Å². The lowest BCUT2D eigenvalue weighted by molar-refractivity contribution is -0.148. The van der Waals surface area contributed by atoms with E-state index in [1.807, 2.05) is 42.5 Å². The van der Waals surface area contributed by atoms with Crippen LogP contribution in [0.25, 0.3) is 0 Å². The molecule has 7 heteroatoms. The van der Waals surface area contributed by atoms with Crippen molar-refractivity contribution in [2.24, 2.45) is 5.92 Å². The zero-order chi connectivity index (χ0) is 22.5. The van der Waals surface area contributed by atoms with Crippen LogP contribution >= 0.6 is 0 Å². The van der Waals surface area contributed by atoms with Gasteiger partial charge < -0.3 is 20.5 Å². The van der Waals surface area contributed by atoms with Gasteiger partial charge in [-0.3, -0.25) is 14.4 Å². The van der Waals surface area contributed by atoms with Gasteiger partial charge in [-0.05, 0) is 44.6 Å². The molecule has 3 N–H and O–H groups in total. The van der Waals surface area contributed by atoms with Crippen molar-refractivity contribution in [2.75, 3.05) is 13.2 Å². The molecule has 0 unspecified atom stereocenters. The number of rotatable bonds is 6. The van der Waals surface area contributed by atoms with E-state index in [0.29, 0.717) is 19.3 Å². The highest BCUT2D eigenvalue weighted by atomic mass is 16.5. The van der Waals surface area contributed by atoms with Crippen LogP contribution in [0.2, 0.25) is 0 Å². The van der Waals surface area contributed by atoms with Gasteiger partial charge in [-0.15, -0.1) is 0 Å². The van der Waals surface area contributed by atoms with Gasteiger partial charge in [0, 0.05) is 12.8 Å². The summed E-state index contributed by atoms with van der Waals surface area (Å²) in [5, 5.41) is 15.3. The number of allylic oxidation sites excluding steroid dienone is 2. The minimum atomic E-state index is -0.529. The van der Waals surface area contributed by atoms with Crippen LogP contribution in [-0.2, 0) is 25.5 Å². The van der Waals surface area contributed by atoms with Crippen molar-refractivity contribution in [3.8, 4) is 0 Å². The molecule has 1 aliphatic heterocycles. The van der Waals surface area contributed by atoms with Crippen LogP contribution in [0.4, 0.5) is 0 Å². The quantitative estimate of drug-likeness (QED) is 0.474. The SMILES string of the molecule is C[C@H]1CNC(=O)[C@@H](CC(=O)N[C@@H](CO)Cc2ccccc2)CC=CCCCCC(=O)O1. The summed E-state index contributed by atoms with van der Waals surface area (Å²) < 4.78 is 5.30. The first-order valence-corrected chi connectivity index (χ1v) is 11.0. The summed E-state index contributed by atoms with van der Waals surface area (Å²) in [5.74, 6) is -1.31. The smallest absolute Gasteiger partial charge is 0.306 e. The molecule has 0 saturated heterocycles. The average Bonchev–Trinajstić information content (AvgIpc) is 2.75. The summed E-state index contributed by atoms with van der Waals surface area (Å²) in [6.45, 7) is 1.76. The number of cyclic esters (lactones) is 1. The zero-order valence-corrected chi connectivity index (χ0v) is 18.2. The average molecular weight is 431 g/mol. The number of hydrogen-bond acceptors (Lipinski definition) is 5. The highest BCUT2D eigenvalue weighted by Gasteiger charge is 2.23. The molecular formula is C24H34N2O5. The number of esters is 1. The Hall–Kier alpha value is -2.67. The molecule has 1 aromatic rings. The van der Waals surface area contributed by atoms with Gasteiger partial charge in [-0.1, -0.05) is 42.5 Å². The standard InChI is InChI=1S/C24H34N2O5/c1-18-16-25-24(30)20(12-8-3-2-4-9-13-23(29)31-18)15-22(28)26-21(17-27)14-19-10-6-5-7-11-19/h3,5-8,10-11,18,20-21,27H,2,4,9,12-17H2,1H3,(H,25,30)(H,26,28)/t18-,20+,21+/m0/s1. The fraction of sp³-hybridized carbons (Fsp3) is 0.542. The van der Waals surface area contributed by atoms with Gasteiger partial charge >= 0.3 is 5.97 Å². The number of hydrogen-bond donors (Lipinski definition) is 3. The molecule has 0 bridgehead atoms. The van der Waals surface area contributed by atoms with Crippen LogP contribution in [0.3, 0.4) is 0 Å². The molecule has 170 valence electrons. The summed E-state index contributed by atoms with van der Waals surface area (Å²) in [7, 11) is 0. The summed E-state index contributed by atoms with van der Waals surface area (Å²) in [6, 6.07) is 9.21.